The van der Waals surface area contributed by atoms with E-state index in [1.807, 2.05) is 6.07 Å². The third-order valence-electron chi connectivity index (χ3n) is 4.19. The molecule has 28 heavy (non-hydrogen) atoms. The van der Waals surface area contributed by atoms with E-state index in [0.29, 0.717) is 16.8 Å². The number of Topliss-reactive ketones (excluding diaryl/α,β-unsaturated/α-hetero) is 1. The zero-order chi connectivity index (χ0) is 20.1. The summed E-state index contributed by atoms with van der Waals surface area (Å²) < 4.78 is 5.19. The molecule has 0 radical (unpaired) electrons. The highest BCUT2D eigenvalue weighted by Crippen LogP contribution is 2.26. The van der Waals surface area contributed by atoms with E-state index >= 15 is 0 Å². The smallest absolute Gasteiger partial charge is 0.291 e. The molecule has 1 aromatic carbocycles. The average molecular weight is 378 g/mol. The largest absolute Gasteiger partial charge is 0.363 e. The van der Waals surface area contributed by atoms with Crippen molar-refractivity contribution in [2.75, 3.05) is 0 Å². The van der Waals surface area contributed by atoms with Crippen LogP contribution in [0.5, 0.6) is 0 Å². The van der Waals surface area contributed by atoms with Gasteiger partial charge in [-0.3, -0.25) is 19.4 Å². The highest BCUT2D eigenvalue weighted by atomic mass is 16.5. The van der Waals surface area contributed by atoms with Crippen LogP contribution in [0, 0.1) is 6.92 Å². The molecule has 0 saturated carbocycles. The van der Waals surface area contributed by atoms with Crippen molar-refractivity contribution in [2.45, 2.75) is 19.4 Å². The minimum atomic E-state index is -1.12. The molecule has 8 nitrogen and oxygen atoms in total. The van der Waals surface area contributed by atoms with Gasteiger partial charge in [-0.15, -0.1) is 0 Å². The number of amides is 2. The van der Waals surface area contributed by atoms with Crippen molar-refractivity contribution in [3.05, 3.63) is 71.9 Å². The maximum atomic E-state index is 12.8. The van der Waals surface area contributed by atoms with E-state index in [0.717, 1.165) is 5.56 Å². The third-order valence-corrected chi connectivity index (χ3v) is 4.19. The van der Waals surface area contributed by atoms with Crippen LogP contribution in [0.4, 0.5) is 0 Å². The number of hydrogen-bond acceptors (Lipinski definition) is 6. The number of nitrogens with two attached hydrogens (primary N) is 1. The Hall–Kier alpha value is -3.81. The SMILES string of the molecule is Cc1noc(C(=O)NC(Cc2ccccc2)C(=O)C(N)=O)c1-c1ccncc1. The molecule has 8 heteroatoms. The molecule has 0 spiro atoms. The predicted molar refractivity (Wildman–Crippen MR) is 100 cm³/mol. The first-order chi connectivity index (χ1) is 13.5. The number of nitrogens with zero attached hydrogens (tertiary/aromatic N) is 2. The van der Waals surface area contributed by atoms with Crippen molar-refractivity contribution in [2.24, 2.45) is 5.73 Å². The Morgan fingerprint density at radius 1 is 1.11 bits per heavy atom. The summed E-state index contributed by atoms with van der Waals surface area (Å²) in [5.74, 6) is -2.73. The molecule has 0 bridgehead atoms. The number of carbonyl (C=O) groups excluding carboxylic acids is 3. The van der Waals surface area contributed by atoms with Gasteiger partial charge in [0.1, 0.15) is 6.04 Å². The predicted octanol–water partition coefficient (Wildman–Crippen LogP) is 1.44. The van der Waals surface area contributed by atoms with Gasteiger partial charge >= 0.3 is 0 Å². The van der Waals surface area contributed by atoms with Gasteiger partial charge in [0.2, 0.25) is 11.5 Å². The summed E-state index contributed by atoms with van der Waals surface area (Å²) in [5, 5.41) is 6.40. The molecule has 2 heterocycles. The van der Waals surface area contributed by atoms with Crippen LogP contribution in [0.2, 0.25) is 0 Å². The molecule has 0 aliphatic heterocycles. The summed E-state index contributed by atoms with van der Waals surface area (Å²) in [6.45, 7) is 1.70. The van der Waals surface area contributed by atoms with Gasteiger partial charge in [0, 0.05) is 18.8 Å². The second kappa shape index (κ2) is 8.26. The molecule has 3 aromatic rings. The summed E-state index contributed by atoms with van der Waals surface area (Å²) in [4.78, 5) is 40.4. The fourth-order valence-electron chi connectivity index (χ4n) is 2.84. The summed E-state index contributed by atoms with van der Waals surface area (Å²) in [6.07, 6.45) is 3.28. The van der Waals surface area contributed by atoms with E-state index in [4.69, 9.17) is 10.3 Å². The van der Waals surface area contributed by atoms with Crippen LogP contribution in [0.1, 0.15) is 21.8 Å². The monoisotopic (exact) mass is 378 g/mol. The van der Waals surface area contributed by atoms with E-state index in [-0.39, 0.29) is 12.2 Å². The lowest BCUT2D eigenvalue weighted by Crippen LogP contribution is -2.47. The number of aromatic nitrogens is 2. The number of rotatable bonds is 7. The quantitative estimate of drug-likeness (QED) is 0.599. The molecule has 0 saturated heterocycles. The van der Waals surface area contributed by atoms with Gasteiger partial charge in [0.25, 0.3) is 11.8 Å². The Morgan fingerprint density at radius 2 is 1.79 bits per heavy atom. The first kappa shape index (κ1) is 19.0. The lowest BCUT2D eigenvalue weighted by Gasteiger charge is -2.16. The molecule has 1 atom stereocenters. The van der Waals surface area contributed by atoms with Crippen molar-refractivity contribution in [3.63, 3.8) is 0 Å². The molecular formula is C20H18N4O4. The van der Waals surface area contributed by atoms with Crippen LogP contribution < -0.4 is 11.1 Å². The van der Waals surface area contributed by atoms with Gasteiger partial charge in [-0.2, -0.15) is 0 Å². The maximum Gasteiger partial charge on any atom is 0.291 e. The van der Waals surface area contributed by atoms with Gasteiger partial charge in [-0.1, -0.05) is 35.5 Å². The van der Waals surface area contributed by atoms with Gasteiger partial charge in [-0.05, 0) is 30.2 Å². The van der Waals surface area contributed by atoms with Crippen molar-refractivity contribution >= 4 is 17.6 Å². The fourth-order valence-corrected chi connectivity index (χ4v) is 2.84. The lowest BCUT2D eigenvalue weighted by molar-refractivity contribution is -0.137. The van der Waals surface area contributed by atoms with Crippen molar-refractivity contribution in [1.29, 1.82) is 0 Å². The third kappa shape index (κ3) is 4.12. The summed E-state index contributed by atoms with van der Waals surface area (Å²) in [7, 11) is 0. The molecule has 142 valence electrons. The molecule has 3 rings (SSSR count). The van der Waals surface area contributed by atoms with E-state index in [9.17, 15) is 14.4 Å². The van der Waals surface area contributed by atoms with Crippen LogP contribution in [-0.2, 0) is 16.0 Å². The first-order valence-electron chi connectivity index (χ1n) is 8.52. The zero-order valence-corrected chi connectivity index (χ0v) is 15.1. The van der Waals surface area contributed by atoms with Gasteiger partial charge < -0.3 is 15.6 Å². The highest BCUT2D eigenvalue weighted by molar-refractivity contribution is 6.38. The van der Waals surface area contributed by atoms with Crippen LogP contribution in [-0.4, -0.2) is 33.8 Å². The lowest BCUT2D eigenvalue weighted by atomic mass is 10.0. The molecule has 2 aromatic heterocycles. The first-order valence-corrected chi connectivity index (χ1v) is 8.52. The summed E-state index contributed by atoms with van der Waals surface area (Å²) in [5.41, 5.74) is 7.61. The number of nitrogens with one attached hydrogen (secondary N) is 1. The number of primary amides is 1. The second-order valence-corrected chi connectivity index (χ2v) is 6.15. The van der Waals surface area contributed by atoms with Crippen LogP contribution >= 0.6 is 0 Å². The van der Waals surface area contributed by atoms with Gasteiger partial charge in [-0.25, -0.2) is 0 Å². The molecule has 0 aliphatic rings. The normalized spacial score (nSPS) is 11.6. The number of benzene rings is 1. The van der Waals surface area contributed by atoms with Gasteiger partial charge in [0.15, 0.2) is 0 Å². The minimum Gasteiger partial charge on any atom is -0.363 e. The topological polar surface area (TPSA) is 128 Å². The van der Waals surface area contributed by atoms with Crippen molar-refractivity contribution < 1.29 is 18.9 Å². The molecular weight excluding hydrogens is 360 g/mol. The Labute approximate surface area is 160 Å². The number of carbonyl (C=O) groups is 3. The number of aryl methyl sites for hydroxylation is 1. The van der Waals surface area contributed by atoms with Gasteiger partial charge in [0.05, 0.1) is 11.3 Å². The molecule has 0 fully saturated rings. The zero-order valence-electron chi connectivity index (χ0n) is 15.1. The van der Waals surface area contributed by atoms with Crippen LogP contribution in [0.3, 0.4) is 0 Å². The van der Waals surface area contributed by atoms with Crippen molar-refractivity contribution in [3.8, 4) is 11.1 Å². The average Bonchev–Trinajstić information content (AvgIpc) is 3.09. The Bertz CT molecular complexity index is 1000. The van der Waals surface area contributed by atoms with E-state index in [1.165, 1.54) is 0 Å². The van der Waals surface area contributed by atoms with Crippen molar-refractivity contribution in [1.82, 2.24) is 15.5 Å². The van der Waals surface area contributed by atoms with Crippen LogP contribution in [0.15, 0.2) is 59.4 Å². The van der Waals surface area contributed by atoms with Crippen LogP contribution in [0.25, 0.3) is 11.1 Å². The Morgan fingerprint density at radius 3 is 2.43 bits per heavy atom. The Balaban J connectivity index is 1.89. The minimum absolute atomic E-state index is 0.0565. The number of pyridine rings is 1. The molecule has 1 unspecified atom stereocenters. The number of hydrogen-bond donors (Lipinski definition) is 2. The summed E-state index contributed by atoms with van der Waals surface area (Å²) in [6, 6.07) is 11.3. The maximum absolute atomic E-state index is 12.8. The fraction of sp³-hybridized carbons (Fsp3) is 0.150. The Kier molecular flexibility index (Phi) is 5.59. The summed E-state index contributed by atoms with van der Waals surface area (Å²) >= 11 is 0. The highest BCUT2D eigenvalue weighted by Gasteiger charge is 2.29. The standard InChI is InChI=1S/C20H18N4O4/c1-12-16(14-7-9-22-10-8-14)18(28-24-12)20(27)23-15(17(25)19(21)26)11-13-5-3-2-4-6-13/h2-10,15H,11H2,1H3,(H2,21,26)(H,23,27). The van der Waals surface area contributed by atoms with E-state index < -0.39 is 23.6 Å². The van der Waals surface area contributed by atoms with E-state index in [2.05, 4.69) is 15.5 Å². The molecule has 0 aliphatic carbocycles. The second-order valence-electron chi connectivity index (χ2n) is 6.15. The number of ketones is 1. The van der Waals surface area contributed by atoms with E-state index in [1.54, 1.807) is 55.7 Å². The molecule has 2 amide bonds. The molecule has 3 N–H and O–H groups in total.